The van der Waals surface area contributed by atoms with Gasteiger partial charge < -0.3 is 10.8 Å². The summed E-state index contributed by atoms with van der Waals surface area (Å²) in [6.07, 6.45) is 6.21. The van der Waals surface area contributed by atoms with Crippen LogP contribution in [0.3, 0.4) is 0 Å². The lowest BCUT2D eigenvalue weighted by Gasteiger charge is -2.59. The van der Waals surface area contributed by atoms with E-state index in [-0.39, 0.29) is 39.9 Å². The molecule has 130 valence electrons. The Bertz CT molecular complexity index is 532. The number of Topliss-reactive ketones (excluding diaryl/α,β-unsaturated/α-hetero) is 1. The van der Waals surface area contributed by atoms with Crippen LogP contribution in [0.4, 0.5) is 0 Å². The molecule has 3 aliphatic carbocycles. The van der Waals surface area contributed by atoms with E-state index in [0.717, 1.165) is 32.1 Å². The van der Waals surface area contributed by atoms with Gasteiger partial charge >= 0.3 is 0 Å². The van der Waals surface area contributed by atoms with E-state index in [2.05, 4.69) is 34.3 Å². The van der Waals surface area contributed by atoms with Crippen LogP contribution in [-0.2, 0) is 4.79 Å². The molecule has 3 saturated carbocycles. The third kappa shape index (κ3) is 2.05. The molecular weight excluding hydrogens is 286 g/mol. The van der Waals surface area contributed by atoms with Crippen molar-refractivity contribution in [2.75, 3.05) is 0 Å². The summed E-state index contributed by atoms with van der Waals surface area (Å²) in [7, 11) is 0. The van der Waals surface area contributed by atoms with Crippen molar-refractivity contribution < 1.29 is 9.90 Å². The fraction of sp³-hybridized carbons (Fsp3) is 0.850. The zero-order valence-corrected chi connectivity index (χ0v) is 15.1. The number of hydrogen-bond donors (Lipinski definition) is 2. The molecule has 0 aromatic carbocycles. The Balaban J connectivity index is 2.17. The Labute approximate surface area is 140 Å². The van der Waals surface area contributed by atoms with Gasteiger partial charge in [0.15, 0.2) is 5.78 Å². The second kappa shape index (κ2) is 5.16. The van der Waals surface area contributed by atoms with Crippen molar-refractivity contribution in [3.05, 3.63) is 12.7 Å². The molecule has 0 aromatic rings. The van der Waals surface area contributed by atoms with Gasteiger partial charge in [0.1, 0.15) is 0 Å². The second-order valence-electron chi connectivity index (χ2n) is 9.27. The maximum Gasteiger partial charge on any atom is 0.153 e. The maximum absolute atomic E-state index is 13.0. The quantitative estimate of drug-likeness (QED) is 0.729. The molecule has 0 unspecified atom stereocenters. The summed E-state index contributed by atoms with van der Waals surface area (Å²) in [5.74, 6) is 0.847. The Morgan fingerprint density at radius 2 is 1.91 bits per heavy atom. The number of hydrogen-bond acceptors (Lipinski definition) is 3. The number of carbonyl (C=O) groups excluding carboxylic acids is 1. The van der Waals surface area contributed by atoms with Gasteiger partial charge in [0.05, 0.1) is 12.1 Å². The lowest BCUT2D eigenvalue weighted by molar-refractivity contribution is -0.159. The van der Waals surface area contributed by atoms with E-state index < -0.39 is 6.10 Å². The Morgan fingerprint density at radius 1 is 1.26 bits per heavy atom. The van der Waals surface area contributed by atoms with Crippen LogP contribution in [0.25, 0.3) is 0 Å². The number of aliphatic hydroxyl groups is 1. The molecule has 0 spiro atoms. The third-order valence-corrected chi connectivity index (χ3v) is 8.38. The lowest BCUT2D eigenvalue weighted by Crippen LogP contribution is -2.57. The van der Waals surface area contributed by atoms with Gasteiger partial charge in [0.2, 0.25) is 0 Å². The molecule has 0 heterocycles. The lowest BCUT2D eigenvalue weighted by atomic mass is 9.44. The van der Waals surface area contributed by atoms with Gasteiger partial charge in [-0.15, -0.1) is 6.58 Å². The van der Waals surface area contributed by atoms with Gasteiger partial charge in [-0.25, -0.2) is 0 Å². The highest BCUT2D eigenvalue weighted by atomic mass is 16.3. The Morgan fingerprint density at radius 3 is 2.52 bits per heavy atom. The number of ketones is 1. The largest absolute Gasteiger partial charge is 0.392 e. The van der Waals surface area contributed by atoms with E-state index in [4.69, 9.17) is 5.73 Å². The smallest absolute Gasteiger partial charge is 0.153 e. The zero-order valence-electron chi connectivity index (χ0n) is 15.1. The molecule has 8 atom stereocenters. The van der Waals surface area contributed by atoms with E-state index in [1.807, 2.05) is 6.08 Å². The van der Waals surface area contributed by atoms with Gasteiger partial charge in [0.25, 0.3) is 0 Å². The molecular formula is C20H33NO2. The average Bonchev–Trinajstić information content (AvgIpc) is 2.80. The summed E-state index contributed by atoms with van der Waals surface area (Å²) in [4.78, 5) is 13.0. The fourth-order valence-electron chi connectivity index (χ4n) is 6.31. The summed E-state index contributed by atoms with van der Waals surface area (Å²) in [5, 5.41) is 11.2. The number of carbonyl (C=O) groups is 1. The van der Waals surface area contributed by atoms with Crippen LogP contribution >= 0.6 is 0 Å². The zero-order chi connectivity index (χ0) is 17.2. The molecule has 2 bridgehead atoms. The summed E-state index contributed by atoms with van der Waals surface area (Å²) in [6, 6.07) is -0.354. The summed E-state index contributed by atoms with van der Waals surface area (Å²) in [6.45, 7) is 12.9. The van der Waals surface area contributed by atoms with E-state index in [0.29, 0.717) is 5.92 Å². The van der Waals surface area contributed by atoms with Crippen LogP contribution < -0.4 is 5.73 Å². The first-order valence-electron chi connectivity index (χ1n) is 9.23. The Hall–Kier alpha value is -0.670. The van der Waals surface area contributed by atoms with Crippen molar-refractivity contribution in [1.82, 2.24) is 0 Å². The molecule has 23 heavy (non-hydrogen) atoms. The number of aliphatic hydroxyl groups excluding tert-OH is 1. The van der Waals surface area contributed by atoms with Crippen LogP contribution in [0.2, 0.25) is 0 Å². The highest BCUT2D eigenvalue weighted by Gasteiger charge is 2.66. The van der Waals surface area contributed by atoms with Crippen molar-refractivity contribution in [3.63, 3.8) is 0 Å². The topological polar surface area (TPSA) is 63.3 Å². The molecule has 3 fully saturated rings. The molecule has 0 saturated heterocycles. The molecule has 0 aliphatic heterocycles. The summed E-state index contributed by atoms with van der Waals surface area (Å²) < 4.78 is 0. The minimum Gasteiger partial charge on any atom is -0.392 e. The van der Waals surface area contributed by atoms with Crippen LogP contribution in [0.5, 0.6) is 0 Å². The second-order valence-corrected chi connectivity index (χ2v) is 9.27. The molecule has 3 N–H and O–H groups in total. The predicted molar refractivity (Wildman–Crippen MR) is 92.7 cm³/mol. The molecule has 3 aliphatic rings. The molecule has 3 rings (SSSR count). The van der Waals surface area contributed by atoms with Crippen LogP contribution in [0.1, 0.15) is 59.8 Å². The van der Waals surface area contributed by atoms with Crippen molar-refractivity contribution in [2.45, 2.75) is 71.9 Å². The standard InChI is InChI=1S/C20H33NO2/c1-6-18(4)9-10-19(5)12(2)7-8-20(13(3)17(18)23)11-14(21)15(22)16(19)20/h6,12-14,16-17,23H,1,7-11,21H2,2-5H3/t12-,13+,14+,16+,17+,18-,19-,20+/m1/s1. The van der Waals surface area contributed by atoms with Crippen molar-refractivity contribution in [1.29, 1.82) is 0 Å². The highest BCUT2D eigenvalue weighted by Crippen LogP contribution is 2.67. The Kier molecular flexibility index (Phi) is 3.85. The molecule has 0 radical (unpaired) electrons. The maximum atomic E-state index is 13.0. The molecule has 3 heteroatoms. The highest BCUT2D eigenvalue weighted by molar-refractivity contribution is 5.90. The van der Waals surface area contributed by atoms with Crippen molar-refractivity contribution in [2.24, 2.45) is 39.7 Å². The van der Waals surface area contributed by atoms with Crippen LogP contribution in [0, 0.1) is 34.0 Å². The molecule has 0 amide bonds. The number of rotatable bonds is 1. The fourth-order valence-corrected chi connectivity index (χ4v) is 6.31. The number of nitrogens with two attached hydrogens (primary N) is 1. The van der Waals surface area contributed by atoms with Crippen LogP contribution in [-0.4, -0.2) is 23.0 Å². The minimum absolute atomic E-state index is 0.00719. The van der Waals surface area contributed by atoms with Crippen molar-refractivity contribution >= 4 is 5.78 Å². The molecule has 0 aromatic heterocycles. The van der Waals surface area contributed by atoms with Gasteiger partial charge in [-0.05, 0) is 54.8 Å². The first-order chi connectivity index (χ1) is 10.6. The minimum atomic E-state index is -0.460. The van der Waals surface area contributed by atoms with Crippen LogP contribution in [0.15, 0.2) is 12.7 Å². The SMILES string of the molecule is C=C[C@]1(C)CC[C@]2(C)[C@H](C)CC[C@]3(C[C@H](N)C(=O)[C@@H]23)[C@@H](C)[C@@H]1O. The average molecular weight is 319 g/mol. The van der Waals surface area contributed by atoms with Gasteiger partial charge in [-0.1, -0.05) is 33.8 Å². The van der Waals surface area contributed by atoms with Gasteiger partial charge in [0, 0.05) is 11.3 Å². The summed E-state index contributed by atoms with van der Waals surface area (Å²) >= 11 is 0. The van der Waals surface area contributed by atoms with Gasteiger partial charge in [-0.2, -0.15) is 0 Å². The van der Waals surface area contributed by atoms with Gasteiger partial charge in [-0.3, -0.25) is 4.79 Å². The first kappa shape index (κ1) is 17.2. The normalized spacial score (nSPS) is 56.6. The third-order valence-electron chi connectivity index (χ3n) is 8.38. The van der Waals surface area contributed by atoms with E-state index in [9.17, 15) is 9.90 Å². The monoisotopic (exact) mass is 319 g/mol. The van der Waals surface area contributed by atoms with Crippen molar-refractivity contribution in [3.8, 4) is 0 Å². The van der Waals surface area contributed by atoms with E-state index in [1.165, 1.54) is 0 Å². The van der Waals surface area contributed by atoms with E-state index >= 15 is 0 Å². The first-order valence-corrected chi connectivity index (χ1v) is 9.23. The predicted octanol–water partition coefficient (Wildman–Crippen LogP) is 3.31. The van der Waals surface area contributed by atoms with E-state index in [1.54, 1.807) is 0 Å². The molecule has 3 nitrogen and oxygen atoms in total. The summed E-state index contributed by atoms with van der Waals surface area (Å²) in [5.41, 5.74) is 5.82.